The van der Waals surface area contributed by atoms with Crippen LogP contribution in [0, 0.1) is 0 Å². The van der Waals surface area contributed by atoms with E-state index in [4.69, 9.17) is 10.8 Å². The molecule has 7 nitrogen and oxygen atoms in total. The lowest BCUT2D eigenvalue weighted by Gasteiger charge is -2.21. The first-order valence-electron chi connectivity index (χ1n) is 6.08. The highest BCUT2D eigenvalue weighted by Gasteiger charge is 2.39. The molecule has 2 rings (SSSR count). The second-order valence-corrected chi connectivity index (χ2v) is 7.46. The molecule has 1 aliphatic heterocycles. The molecule has 1 fully saturated rings. The number of hydrogen-bond donors (Lipinski definition) is 2. The maximum absolute atomic E-state index is 12.6. The van der Waals surface area contributed by atoms with Crippen LogP contribution in [-0.2, 0) is 14.8 Å². The topological polar surface area (TPSA) is 118 Å². The van der Waals surface area contributed by atoms with Gasteiger partial charge < -0.3 is 10.8 Å². The Labute approximate surface area is 129 Å². The quantitative estimate of drug-likeness (QED) is 0.804. The van der Waals surface area contributed by atoms with E-state index in [1.54, 1.807) is 0 Å². The maximum Gasteiger partial charge on any atom is 0.322 e. The molecule has 0 spiro atoms. The Morgan fingerprint density at radius 2 is 2.00 bits per heavy atom. The minimum atomic E-state index is -4.00. The van der Waals surface area contributed by atoms with Gasteiger partial charge in [0.1, 0.15) is 6.04 Å². The summed E-state index contributed by atoms with van der Waals surface area (Å²) in [6, 6.07) is 2.80. The van der Waals surface area contributed by atoms with Gasteiger partial charge in [-0.2, -0.15) is 4.31 Å². The summed E-state index contributed by atoms with van der Waals surface area (Å²) in [7, 11) is -4.00. The van der Waals surface area contributed by atoms with Crippen LogP contribution in [0.5, 0.6) is 0 Å². The molecule has 0 aromatic heterocycles. The molecular weight excluding hydrogens is 364 g/mol. The normalized spacial score (nSPS) is 19.6. The van der Waals surface area contributed by atoms with Crippen molar-refractivity contribution in [3.05, 3.63) is 28.2 Å². The zero-order valence-electron chi connectivity index (χ0n) is 10.8. The molecule has 1 amide bonds. The Kier molecular flexibility index (Phi) is 4.35. The Morgan fingerprint density at radius 3 is 2.57 bits per heavy atom. The Bertz CT molecular complexity index is 704. The van der Waals surface area contributed by atoms with Crippen molar-refractivity contribution < 1.29 is 23.1 Å². The van der Waals surface area contributed by atoms with Crippen LogP contribution in [0.15, 0.2) is 27.6 Å². The summed E-state index contributed by atoms with van der Waals surface area (Å²) in [4.78, 5) is 22.2. The molecule has 1 aromatic rings. The van der Waals surface area contributed by atoms with Crippen LogP contribution in [0.25, 0.3) is 0 Å². The average molecular weight is 377 g/mol. The summed E-state index contributed by atoms with van der Waals surface area (Å²) in [5.74, 6) is -1.94. The Morgan fingerprint density at radius 1 is 1.33 bits per heavy atom. The standard InChI is InChI=1S/C12H13BrN2O5S/c13-8-4-7(11(14)16)5-9(6-8)21(19,20)15-3-1-2-10(15)12(17)18/h4-6,10H,1-3H2,(H2,14,16)(H,17,18)/t10-/m1/s1. The summed E-state index contributed by atoms with van der Waals surface area (Å²) < 4.78 is 26.5. The molecule has 3 N–H and O–H groups in total. The van der Waals surface area contributed by atoms with Crippen molar-refractivity contribution in [1.29, 1.82) is 0 Å². The number of nitrogens with zero attached hydrogens (tertiary/aromatic N) is 1. The van der Waals surface area contributed by atoms with Gasteiger partial charge in [0.05, 0.1) is 4.90 Å². The molecule has 21 heavy (non-hydrogen) atoms. The van der Waals surface area contributed by atoms with Crippen LogP contribution in [-0.4, -0.2) is 42.3 Å². The van der Waals surface area contributed by atoms with Gasteiger partial charge in [0.15, 0.2) is 0 Å². The molecular formula is C12H13BrN2O5S. The number of hydrogen-bond acceptors (Lipinski definition) is 4. The molecule has 1 aromatic carbocycles. The number of amides is 1. The van der Waals surface area contributed by atoms with Crippen LogP contribution in [0.3, 0.4) is 0 Å². The van der Waals surface area contributed by atoms with Gasteiger partial charge in [-0.1, -0.05) is 15.9 Å². The second kappa shape index (κ2) is 5.74. The molecule has 0 radical (unpaired) electrons. The van der Waals surface area contributed by atoms with Crippen molar-refractivity contribution >= 4 is 37.8 Å². The molecule has 1 saturated heterocycles. The van der Waals surface area contributed by atoms with Crippen LogP contribution in [0.2, 0.25) is 0 Å². The van der Waals surface area contributed by atoms with E-state index in [0.29, 0.717) is 10.9 Å². The monoisotopic (exact) mass is 376 g/mol. The SMILES string of the molecule is NC(=O)c1cc(Br)cc(S(=O)(=O)N2CCC[C@@H]2C(=O)O)c1. The van der Waals surface area contributed by atoms with Crippen molar-refractivity contribution in [2.24, 2.45) is 5.73 Å². The van der Waals surface area contributed by atoms with E-state index in [-0.39, 0.29) is 23.4 Å². The van der Waals surface area contributed by atoms with Gasteiger partial charge in [0.25, 0.3) is 0 Å². The summed E-state index contributed by atoms with van der Waals surface area (Å²) in [5.41, 5.74) is 5.20. The van der Waals surface area contributed by atoms with Gasteiger partial charge in [-0.3, -0.25) is 9.59 Å². The highest BCUT2D eigenvalue weighted by atomic mass is 79.9. The predicted molar refractivity (Wildman–Crippen MR) is 77.2 cm³/mol. The molecule has 0 bridgehead atoms. The molecule has 1 heterocycles. The Hall–Kier alpha value is -1.45. The molecule has 0 unspecified atom stereocenters. The summed E-state index contributed by atoms with van der Waals surface area (Å²) in [5, 5.41) is 9.10. The smallest absolute Gasteiger partial charge is 0.322 e. The van der Waals surface area contributed by atoms with Gasteiger partial charge >= 0.3 is 5.97 Å². The van der Waals surface area contributed by atoms with Crippen molar-refractivity contribution in [3.63, 3.8) is 0 Å². The van der Waals surface area contributed by atoms with Crippen molar-refractivity contribution in [3.8, 4) is 0 Å². The molecule has 0 aliphatic carbocycles. The average Bonchev–Trinajstić information content (AvgIpc) is 2.87. The van der Waals surface area contributed by atoms with E-state index in [1.807, 2.05) is 0 Å². The van der Waals surface area contributed by atoms with Crippen LogP contribution in [0.4, 0.5) is 0 Å². The third-order valence-electron chi connectivity index (χ3n) is 3.25. The molecule has 1 aliphatic rings. The lowest BCUT2D eigenvalue weighted by molar-refractivity contribution is -0.140. The number of halogens is 1. The first kappa shape index (κ1) is 15.9. The summed E-state index contributed by atoms with van der Waals surface area (Å²) in [6.07, 6.45) is 0.748. The van der Waals surface area contributed by atoms with Crippen molar-refractivity contribution in [2.75, 3.05) is 6.54 Å². The number of nitrogens with two attached hydrogens (primary N) is 1. The third kappa shape index (κ3) is 3.09. The van der Waals surface area contributed by atoms with Crippen molar-refractivity contribution in [2.45, 2.75) is 23.8 Å². The number of primary amides is 1. The van der Waals surface area contributed by atoms with Gasteiger partial charge in [-0.05, 0) is 31.0 Å². The third-order valence-corrected chi connectivity index (χ3v) is 5.59. The zero-order chi connectivity index (χ0) is 15.8. The number of carbonyl (C=O) groups excluding carboxylic acids is 1. The van der Waals surface area contributed by atoms with Gasteiger partial charge in [-0.25, -0.2) is 8.42 Å². The van der Waals surface area contributed by atoms with Crippen LogP contribution >= 0.6 is 15.9 Å². The maximum atomic E-state index is 12.6. The fourth-order valence-electron chi connectivity index (χ4n) is 2.26. The fourth-order valence-corrected chi connectivity index (χ4v) is 4.63. The molecule has 9 heteroatoms. The minimum absolute atomic E-state index is 0.0361. The highest BCUT2D eigenvalue weighted by Crippen LogP contribution is 2.28. The van der Waals surface area contributed by atoms with E-state index in [1.165, 1.54) is 12.1 Å². The van der Waals surface area contributed by atoms with Gasteiger partial charge in [0.2, 0.25) is 15.9 Å². The van der Waals surface area contributed by atoms with E-state index in [9.17, 15) is 18.0 Å². The van der Waals surface area contributed by atoms with E-state index in [0.717, 1.165) is 10.4 Å². The Balaban J connectivity index is 2.49. The molecule has 1 atom stereocenters. The van der Waals surface area contributed by atoms with Crippen LogP contribution < -0.4 is 5.73 Å². The first-order valence-corrected chi connectivity index (χ1v) is 8.32. The summed E-state index contributed by atoms with van der Waals surface area (Å²) in [6.45, 7) is 0.137. The lowest BCUT2D eigenvalue weighted by atomic mass is 10.2. The van der Waals surface area contributed by atoms with E-state index < -0.39 is 27.9 Å². The van der Waals surface area contributed by atoms with E-state index >= 15 is 0 Å². The number of carboxylic acids is 1. The lowest BCUT2D eigenvalue weighted by Crippen LogP contribution is -2.40. The van der Waals surface area contributed by atoms with Gasteiger partial charge in [0, 0.05) is 16.6 Å². The predicted octanol–water partition coefficient (Wildman–Crippen LogP) is 0.786. The van der Waals surface area contributed by atoms with Crippen molar-refractivity contribution in [1.82, 2.24) is 4.31 Å². The summed E-state index contributed by atoms with van der Waals surface area (Å²) >= 11 is 3.12. The zero-order valence-corrected chi connectivity index (χ0v) is 13.2. The molecule has 114 valence electrons. The number of sulfonamides is 1. The number of benzene rings is 1. The first-order chi connectivity index (χ1) is 9.73. The number of carboxylic acid groups (broad SMARTS) is 1. The molecule has 0 saturated carbocycles. The largest absolute Gasteiger partial charge is 0.480 e. The second-order valence-electron chi connectivity index (χ2n) is 4.65. The number of aliphatic carboxylic acids is 1. The van der Waals surface area contributed by atoms with Crippen LogP contribution in [0.1, 0.15) is 23.2 Å². The number of rotatable bonds is 4. The fraction of sp³-hybridized carbons (Fsp3) is 0.333. The van der Waals surface area contributed by atoms with Gasteiger partial charge in [-0.15, -0.1) is 0 Å². The number of carbonyl (C=O) groups is 2. The van der Waals surface area contributed by atoms with E-state index in [2.05, 4.69) is 15.9 Å². The highest BCUT2D eigenvalue weighted by molar-refractivity contribution is 9.10. The minimum Gasteiger partial charge on any atom is -0.480 e.